The smallest absolute Gasteiger partial charge is 0.320 e. The van der Waals surface area contributed by atoms with Crippen LogP contribution in [0.25, 0.3) is 0 Å². The zero-order valence-electron chi connectivity index (χ0n) is 6.94. The van der Waals surface area contributed by atoms with Gasteiger partial charge in [0.25, 0.3) is 0 Å². The van der Waals surface area contributed by atoms with Crippen molar-refractivity contribution in [3.63, 3.8) is 0 Å². The van der Waals surface area contributed by atoms with E-state index < -0.39 is 15.7 Å². The van der Waals surface area contributed by atoms with Crippen LogP contribution in [0.4, 0.5) is 0 Å². The van der Waals surface area contributed by atoms with Gasteiger partial charge in [-0.25, -0.2) is 0 Å². The molecule has 1 heterocycles. The molecule has 0 aromatic carbocycles. The second-order valence-corrected chi connectivity index (χ2v) is 4.69. The molecule has 2 atom stereocenters. The van der Waals surface area contributed by atoms with Crippen molar-refractivity contribution in [2.75, 3.05) is 0 Å². The largest absolute Gasteiger partial charge is 0.480 e. The number of hydrogen-bond donors (Lipinski definition) is 1. The van der Waals surface area contributed by atoms with Crippen LogP contribution in [0.1, 0.15) is 12.8 Å². The Bertz CT molecular complexity index is 277. The molecule has 0 spiro atoms. The molecule has 1 fully saturated rings. The minimum atomic E-state index is -1.13. The first-order chi connectivity index (χ1) is 6.45. The molecular weight excluding hydrogens is 322 g/mol. The maximum Gasteiger partial charge on any atom is 0.320 e. The molecule has 1 N–H and O–H groups in total. The fraction of sp³-hybridized carbons (Fsp3) is 0.571. The lowest BCUT2D eigenvalue weighted by Gasteiger charge is -2.22. The van der Waals surface area contributed by atoms with Gasteiger partial charge in [-0.1, -0.05) is 31.9 Å². The molecule has 0 aliphatic carbocycles. The van der Waals surface area contributed by atoms with E-state index in [9.17, 15) is 14.4 Å². The number of hydrogen-bond acceptors (Lipinski definition) is 3. The van der Waals surface area contributed by atoms with Crippen LogP contribution in [-0.4, -0.2) is 37.6 Å². The summed E-state index contributed by atoms with van der Waals surface area (Å²) < 4.78 is 0. The fourth-order valence-corrected chi connectivity index (χ4v) is 2.04. The van der Waals surface area contributed by atoms with E-state index in [1.807, 2.05) is 0 Å². The third-order valence-electron chi connectivity index (χ3n) is 1.81. The topological polar surface area (TPSA) is 74.7 Å². The Morgan fingerprint density at radius 1 is 1.29 bits per heavy atom. The molecule has 0 aromatic rings. The summed E-state index contributed by atoms with van der Waals surface area (Å²) in [6.45, 7) is 0. The van der Waals surface area contributed by atoms with E-state index in [2.05, 4.69) is 31.9 Å². The Balaban J connectivity index is 2.77. The molecule has 2 amide bonds. The highest BCUT2D eigenvalue weighted by molar-refractivity contribution is 9.12. The van der Waals surface area contributed by atoms with Crippen LogP contribution in [0, 0.1) is 0 Å². The van der Waals surface area contributed by atoms with Gasteiger partial charge >= 0.3 is 5.97 Å². The van der Waals surface area contributed by atoms with Crippen LogP contribution >= 0.6 is 31.9 Å². The number of carbonyl (C=O) groups excluding carboxylic acids is 2. The molecule has 14 heavy (non-hydrogen) atoms. The Morgan fingerprint density at radius 2 is 1.71 bits per heavy atom. The summed E-state index contributed by atoms with van der Waals surface area (Å²) in [4.78, 5) is 32.1. The van der Waals surface area contributed by atoms with Gasteiger partial charge < -0.3 is 5.11 Å². The Labute approximate surface area is 96.7 Å². The molecule has 1 rings (SSSR count). The predicted octanol–water partition coefficient (Wildman–Crippen LogP) is 0.704. The second kappa shape index (κ2) is 4.39. The molecule has 1 aliphatic rings. The highest BCUT2D eigenvalue weighted by Crippen LogP contribution is 2.25. The molecule has 0 radical (unpaired) electrons. The zero-order chi connectivity index (χ0) is 10.9. The van der Waals surface area contributed by atoms with Crippen molar-refractivity contribution in [1.29, 1.82) is 0 Å². The van der Waals surface area contributed by atoms with Crippen LogP contribution < -0.4 is 0 Å². The molecular formula is C7H7Br2NO4. The van der Waals surface area contributed by atoms with E-state index in [0.717, 1.165) is 4.90 Å². The SMILES string of the molecule is O=C(O)C(Br)C(Br)N1C(=O)CCC1=O. The number of nitrogens with zero attached hydrogens (tertiary/aromatic N) is 1. The predicted molar refractivity (Wildman–Crippen MR) is 54.2 cm³/mol. The number of alkyl halides is 2. The van der Waals surface area contributed by atoms with Crippen molar-refractivity contribution < 1.29 is 19.5 Å². The Morgan fingerprint density at radius 3 is 2.07 bits per heavy atom. The third kappa shape index (κ3) is 2.14. The van der Waals surface area contributed by atoms with Gasteiger partial charge in [0.05, 0.1) is 0 Å². The molecule has 0 saturated carbocycles. The monoisotopic (exact) mass is 327 g/mol. The molecule has 1 saturated heterocycles. The number of aliphatic carboxylic acids is 1. The van der Waals surface area contributed by atoms with Crippen molar-refractivity contribution in [1.82, 2.24) is 4.90 Å². The summed E-state index contributed by atoms with van der Waals surface area (Å²) in [6, 6.07) is 0. The molecule has 0 aromatic heterocycles. The maximum atomic E-state index is 11.2. The molecule has 1 aliphatic heterocycles. The number of rotatable bonds is 3. The quantitative estimate of drug-likeness (QED) is 0.470. The van der Waals surface area contributed by atoms with E-state index in [-0.39, 0.29) is 24.7 Å². The summed E-state index contributed by atoms with van der Waals surface area (Å²) in [5, 5.41) is 8.66. The summed E-state index contributed by atoms with van der Waals surface area (Å²) in [7, 11) is 0. The molecule has 2 unspecified atom stereocenters. The maximum absolute atomic E-state index is 11.2. The summed E-state index contributed by atoms with van der Waals surface area (Å²) in [5.41, 5.74) is 0. The zero-order valence-corrected chi connectivity index (χ0v) is 10.1. The average Bonchev–Trinajstić information content (AvgIpc) is 2.44. The molecule has 78 valence electrons. The first-order valence-electron chi connectivity index (χ1n) is 3.81. The Kier molecular flexibility index (Phi) is 3.65. The van der Waals surface area contributed by atoms with Crippen LogP contribution in [0.2, 0.25) is 0 Å². The molecule has 7 heteroatoms. The number of amides is 2. The van der Waals surface area contributed by atoms with E-state index in [1.54, 1.807) is 0 Å². The normalized spacial score (nSPS) is 21.1. The summed E-state index contributed by atoms with van der Waals surface area (Å²) >= 11 is 5.89. The van der Waals surface area contributed by atoms with Crippen molar-refractivity contribution in [2.24, 2.45) is 0 Å². The minimum Gasteiger partial charge on any atom is -0.480 e. The highest BCUT2D eigenvalue weighted by atomic mass is 79.9. The summed E-state index contributed by atoms with van der Waals surface area (Å²) in [5.74, 6) is -1.82. The van der Waals surface area contributed by atoms with Crippen LogP contribution in [0.5, 0.6) is 0 Å². The lowest BCUT2D eigenvalue weighted by atomic mass is 10.4. The summed E-state index contributed by atoms with van der Waals surface area (Å²) in [6.07, 6.45) is 0.306. The number of imide groups is 1. The van der Waals surface area contributed by atoms with Gasteiger partial charge in [0.15, 0.2) is 0 Å². The first-order valence-corrected chi connectivity index (χ1v) is 5.64. The number of carboxylic acid groups (broad SMARTS) is 1. The van der Waals surface area contributed by atoms with Crippen molar-refractivity contribution >= 4 is 49.6 Å². The number of likely N-dealkylation sites (tertiary alicyclic amines) is 1. The number of carbonyl (C=O) groups is 3. The van der Waals surface area contributed by atoms with Gasteiger partial charge in [-0.05, 0) is 0 Å². The van der Waals surface area contributed by atoms with E-state index in [1.165, 1.54) is 0 Å². The average molecular weight is 329 g/mol. The lowest BCUT2D eigenvalue weighted by Crippen LogP contribution is -2.43. The second-order valence-electron chi connectivity index (χ2n) is 2.77. The van der Waals surface area contributed by atoms with Crippen molar-refractivity contribution in [2.45, 2.75) is 22.6 Å². The standard InChI is InChI=1S/C7H7Br2NO4/c8-5(7(13)14)6(9)10-3(11)1-2-4(10)12/h5-6H,1-2H2,(H,13,14). The number of halogens is 2. The van der Waals surface area contributed by atoms with Gasteiger partial charge in [0.2, 0.25) is 11.8 Å². The minimum absolute atomic E-state index is 0.153. The van der Waals surface area contributed by atoms with Crippen LogP contribution in [-0.2, 0) is 14.4 Å². The van der Waals surface area contributed by atoms with Crippen molar-refractivity contribution in [3.8, 4) is 0 Å². The van der Waals surface area contributed by atoms with Gasteiger partial charge in [-0.15, -0.1) is 0 Å². The first kappa shape index (κ1) is 11.6. The van der Waals surface area contributed by atoms with Crippen LogP contribution in [0.15, 0.2) is 0 Å². The third-order valence-corrected chi connectivity index (χ3v) is 4.35. The molecule has 5 nitrogen and oxygen atoms in total. The fourth-order valence-electron chi connectivity index (χ4n) is 1.12. The lowest BCUT2D eigenvalue weighted by molar-refractivity contribution is -0.141. The Hall–Kier alpha value is -0.430. The van der Waals surface area contributed by atoms with Gasteiger partial charge in [-0.3, -0.25) is 19.3 Å². The van der Waals surface area contributed by atoms with E-state index in [0.29, 0.717) is 0 Å². The molecule has 0 bridgehead atoms. The number of carboxylic acids is 1. The van der Waals surface area contributed by atoms with Gasteiger partial charge in [-0.2, -0.15) is 0 Å². The van der Waals surface area contributed by atoms with Gasteiger partial charge in [0.1, 0.15) is 9.78 Å². The highest BCUT2D eigenvalue weighted by Gasteiger charge is 2.39. The van der Waals surface area contributed by atoms with Crippen LogP contribution in [0.3, 0.4) is 0 Å². The van der Waals surface area contributed by atoms with E-state index >= 15 is 0 Å². The van der Waals surface area contributed by atoms with Crippen molar-refractivity contribution in [3.05, 3.63) is 0 Å². The van der Waals surface area contributed by atoms with E-state index in [4.69, 9.17) is 5.11 Å². The van der Waals surface area contributed by atoms with Gasteiger partial charge in [0, 0.05) is 12.8 Å².